The lowest BCUT2D eigenvalue weighted by Gasteiger charge is -2.05. The molecule has 0 rings (SSSR count). The fourth-order valence-electron chi connectivity index (χ4n) is 0. The molecule has 0 spiro atoms. The third-order valence-electron chi connectivity index (χ3n) is 0. The van der Waals surface area contributed by atoms with E-state index in [0.717, 1.165) is 0 Å². The highest BCUT2D eigenvalue weighted by Crippen LogP contribution is 2.08. The molecule has 0 nitrogen and oxygen atoms in total. The third kappa shape index (κ3) is 18500. The van der Waals surface area contributed by atoms with E-state index in [2.05, 4.69) is 53.9 Å². The summed E-state index contributed by atoms with van der Waals surface area (Å²) in [4.78, 5) is 0. The molecule has 0 fully saturated rings. The van der Waals surface area contributed by atoms with Crippen molar-refractivity contribution in [2.75, 3.05) is 0 Å². The van der Waals surface area contributed by atoms with Crippen LogP contribution in [-0.2, 0) is 0 Å². The molecule has 0 aromatic carbocycles. The fourth-order valence-corrected chi connectivity index (χ4v) is 0. The molecule has 0 aromatic rings. The Morgan fingerprint density at radius 3 is 0.667 bits per heavy atom. The summed E-state index contributed by atoms with van der Waals surface area (Å²) in [6.07, 6.45) is 0. The summed E-state index contributed by atoms with van der Waals surface area (Å²) >= 11 is 0. The van der Waals surface area contributed by atoms with Crippen molar-refractivity contribution in [2.24, 2.45) is 5.41 Å². The Labute approximate surface area is 82.8 Å². The summed E-state index contributed by atoms with van der Waals surface area (Å²) in [5.74, 6) is 0. The molecule has 0 aliphatic heterocycles. The van der Waals surface area contributed by atoms with Gasteiger partial charge in [0.25, 0.3) is 0 Å². The normalized spacial score (nSPS) is 10.0. The Hall–Kier alpha value is 0.217. The molecule has 0 N–H and O–H groups in total. The Morgan fingerprint density at radius 2 is 0.667 bits per heavy atom. The second-order valence-electron chi connectivity index (χ2n) is 6.00. The molecule has 0 radical (unpaired) electrons. The Kier molecular flexibility index (Phi) is 14.9. The number of rotatable bonds is 0. The van der Waals surface area contributed by atoms with E-state index >= 15 is 0 Å². The second-order valence-corrected chi connectivity index (χ2v) is 12.0. The maximum Gasteiger partial charge on any atom is 0.0411 e. The maximum absolute atomic E-state index is 2.33. The van der Waals surface area contributed by atoms with Crippen molar-refractivity contribution in [1.82, 2.24) is 0 Å². The topological polar surface area (TPSA) is 0 Å². The maximum atomic E-state index is 2.33. The highest BCUT2D eigenvalue weighted by Gasteiger charge is 1.99. The van der Waals surface area contributed by atoms with Crippen LogP contribution in [0.4, 0.5) is 0 Å². The van der Waals surface area contributed by atoms with Crippen molar-refractivity contribution in [3.63, 3.8) is 0 Å². The van der Waals surface area contributed by atoms with Gasteiger partial charge in [0, 0.05) is 8.07 Å². The van der Waals surface area contributed by atoms with Crippen molar-refractivity contribution in [3.05, 3.63) is 0 Å². The van der Waals surface area contributed by atoms with Gasteiger partial charge in [-0.1, -0.05) is 68.7 Å². The van der Waals surface area contributed by atoms with Gasteiger partial charge >= 0.3 is 0 Å². The van der Waals surface area contributed by atoms with E-state index in [1.54, 1.807) is 0 Å². The zero-order valence-electron chi connectivity index (χ0n) is 9.00. The molecule has 0 aliphatic rings. The summed E-state index contributed by atoms with van der Waals surface area (Å²) in [5, 5.41) is 0. The van der Waals surface area contributed by atoms with Gasteiger partial charge in [0.05, 0.1) is 0 Å². The minimum atomic E-state index is -0.611. The minimum absolute atomic E-state index is 0. The molecule has 12 heavy (non-hydrogen) atoms. The van der Waals surface area contributed by atoms with Crippen LogP contribution < -0.4 is 0 Å². The number of hydrogen-bond acceptors (Lipinski definition) is 0. The zero-order chi connectivity index (χ0) is 9.00. The van der Waals surface area contributed by atoms with Gasteiger partial charge < -0.3 is 0 Å². The standard InChI is InChI=1S/C5H12.C4H12Si.2CH4/c2*1-5(2,3)4;;/h2*1-4H3;2*1H4. The smallest absolute Gasteiger partial charge is 0.0411 e. The van der Waals surface area contributed by atoms with Crippen LogP contribution in [0.2, 0.25) is 26.2 Å². The fraction of sp³-hybridized carbons (Fsp3) is 1.00. The van der Waals surface area contributed by atoms with Gasteiger partial charge in [0.2, 0.25) is 0 Å². The lowest BCUT2D eigenvalue weighted by Crippen LogP contribution is -2.10. The predicted octanol–water partition coefficient (Wildman–Crippen LogP) is 5.28. The molecule has 1 heteroatoms. The lowest BCUT2D eigenvalue weighted by molar-refractivity contribution is 0.469. The van der Waals surface area contributed by atoms with Crippen molar-refractivity contribution in [1.29, 1.82) is 0 Å². The van der Waals surface area contributed by atoms with Crippen LogP contribution in [0, 0.1) is 5.41 Å². The van der Waals surface area contributed by atoms with E-state index in [1.807, 2.05) is 0 Å². The van der Waals surface area contributed by atoms with E-state index in [9.17, 15) is 0 Å². The molecule has 0 atom stereocenters. The van der Waals surface area contributed by atoms with Gasteiger partial charge in [-0.2, -0.15) is 0 Å². The lowest BCUT2D eigenvalue weighted by atomic mass is 10.0. The first-order chi connectivity index (χ1) is 4.00. The molecule has 0 bridgehead atoms. The highest BCUT2D eigenvalue weighted by atomic mass is 28.3. The molecule has 80 valence electrons. The van der Waals surface area contributed by atoms with Crippen molar-refractivity contribution >= 4 is 8.07 Å². The van der Waals surface area contributed by atoms with Gasteiger partial charge in [-0.15, -0.1) is 0 Å². The molecule has 0 saturated heterocycles. The molecule has 0 aromatic heterocycles. The van der Waals surface area contributed by atoms with Crippen LogP contribution in [0.25, 0.3) is 0 Å². The van der Waals surface area contributed by atoms with E-state index in [-0.39, 0.29) is 14.9 Å². The molecule has 0 saturated carbocycles. The van der Waals surface area contributed by atoms with E-state index in [4.69, 9.17) is 0 Å². The SMILES string of the molecule is C.C.CC(C)(C)C.C[Si](C)(C)C. The van der Waals surface area contributed by atoms with Gasteiger partial charge in [-0.25, -0.2) is 0 Å². The Bertz CT molecular complexity index is 48.0. The van der Waals surface area contributed by atoms with Gasteiger partial charge in [-0.05, 0) is 5.41 Å². The average molecular weight is 192 g/mol. The van der Waals surface area contributed by atoms with Crippen molar-refractivity contribution in [2.45, 2.75) is 68.7 Å². The van der Waals surface area contributed by atoms with Crippen LogP contribution in [-0.4, -0.2) is 8.07 Å². The first kappa shape index (κ1) is 22.8. The van der Waals surface area contributed by atoms with E-state index in [1.165, 1.54) is 0 Å². The van der Waals surface area contributed by atoms with Crippen molar-refractivity contribution in [3.8, 4) is 0 Å². The Balaban J connectivity index is -0.0000000457. The quantitative estimate of drug-likeness (QED) is 0.458. The predicted molar refractivity (Wildman–Crippen MR) is 67.8 cm³/mol. The van der Waals surface area contributed by atoms with Gasteiger partial charge in [0.15, 0.2) is 0 Å². The molecule has 0 unspecified atom stereocenters. The van der Waals surface area contributed by atoms with Crippen LogP contribution in [0.3, 0.4) is 0 Å². The zero-order valence-corrected chi connectivity index (χ0v) is 10.0. The summed E-state index contributed by atoms with van der Waals surface area (Å²) in [6, 6.07) is 0. The molecule has 0 heterocycles. The largest absolute Gasteiger partial charge is 0.0776 e. The first-order valence-electron chi connectivity index (χ1n) is 4.00. The van der Waals surface area contributed by atoms with Gasteiger partial charge in [-0.3, -0.25) is 0 Å². The molecular weight excluding hydrogens is 160 g/mol. The summed E-state index contributed by atoms with van der Waals surface area (Å²) < 4.78 is 0. The highest BCUT2D eigenvalue weighted by molar-refractivity contribution is 6.74. The van der Waals surface area contributed by atoms with Crippen LogP contribution in [0.5, 0.6) is 0 Å². The van der Waals surface area contributed by atoms with E-state index < -0.39 is 8.07 Å². The van der Waals surface area contributed by atoms with Crippen molar-refractivity contribution < 1.29 is 0 Å². The second kappa shape index (κ2) is 7.84. The first-order valence-corrected chi connectivity index (χ1v) is 8.00. The third-order valence-corrected chi connectivity index (χ3v) is 0. The molecule has 0 aliphatic carbocycles. The summed E-state index contributed by atoms with van der Waals surface area (Å²) in [5.41, 5.74) is 0.500. The van der Waals surface area contributed by atoms with Crippen LogP contribution in [0.1, 0.15) is 42.5 Å². The van der Waals surface area contributed by atoms with E-state index in [0.29, 0.717) is 5.41 Å². The monoisotopic (exact) mass is 192 g/mol. The minimum Gasteiger partial charge on any atom is -0.0776 e. The van der Waals surface area contributed by atoms with Crippen LogP contribution in [0.15, 0.2) is 0 Å². The molecular formula is C11H32Si. The summed E-state index contributed by atoms with van der Waals surface area (Å²) in [6.45, 7) is 18.1. The Morgan fingerprint density at radius 1 is 0.667 bits per heavy atom. The van der Waals surface area contributed by atoms with Crippen LogP contribution >= 0.6 is 0 Å². The summed E-state index contributed by atoms with van der Waals surface area (Å²) in [7, 11) is -0.611. The average Bonchev–Trinajstić information content (AvgIpc) is 1.12. The number of hydrogen-bond donors (Lipinski definition) is 0. The van der Waals surface area contributed by atoms with Gasteiger partial charge in [0.1, 0.15) is 0 Å². The molecule has 0 amide bonds.